The zero-order chi connectivity index (χ0) is 31.6. The van der Waals surface area contributed by atoms with Crippen LogP contribution in [0, 0.1) is 28.6 Å². The molecule has 3 heterocycles. The van der Waals surface area contributed by atoms with Crippen molar-refractivity contribution in [1.29, 1.82) is 0 Å². The lowest BCUT2D eigenvalue weighted by Crippen LogP contribution is -2.69. The first-order chi connectivity index (χ1) is 21.5. The number of carbonyl (C=O) groups excluding carboxylic acids is 1. The highest BCUT2D eigenvalue weighted by Crippen LogP contribution is 2.70. The Hall–Kier alpha value is -2.21. The molecule has 0 spiro atoms. The van der Waals surface area contributed by atoms with E-state index in [0.717, 1.165) is 30.4 Å². The highest BCUT2D eigenvalue weighted by Gasteiger charge is 2.71. The van der Waals surface area contributed by atoms with Crippen molar-refractivity contribution in [2.24, 2.45) is 33.6 Å². The average molecular weight is 625 g/mol. The van der Waals surface area contributed by atoms with Gasteiger partial charge in [-0.05, 0) is 99.3 Å². The van der Waals surface area contributed by atoms with Gasteiger partial charge in [0.05, 0.1) is 36.1 Å². The number of hydrogen-bond acceptors (Lipinski definition) is 10. The molecule has 7 rings (SSSR count). The Labute approximate surface area is 264 Å². The Morgan fingerprint density at radius 2 is 1.84 bits per heavy atom. The van der Waals surface area contributed by atoms with Gasteiger partial charge in [0.25, 0.3) is 0 Å². The van der Waals surface area contributed by atoms with E-state index in [1.807, 2.05) is 18.3 Å². The lowest BCUT2D eigenvalue weighted by Gasteiger charge is -2.66. The van der Waals surface area contributed by atoms with Crippen molar-refractivity contribution in [3.63, 3.8) is 0 Å². The highest BCUT2D eigenvalue weighted by molar-refractivity contribution is 5.85. The lowest BCUT2D eigenvalue weighted by molar-refractivity contribution is -0.282. The molecule has 0 bridgehead atoms. The summed E-state index contributed by atoms with van der Waals surface area (Å²) in [6, 6.07) is 3.90. The Bertz CT molecular complexity index is 1330. The zero-order valence-corrected chi connectivity index (χ0v) is 26.4. The van der Waals surface area contributed by atoms with Gasteiger partial charge >= 0.3 is 5.97 Å². The van der Waals surface area contributed by atoms with Gasteiger partial charge in [0.15, 0.2) is 6.29 Å². The number of esters is 1. The number of aliphatic imine (C=N–C) groups is 1. The molecule has 0 unspecified atom stereocenters. The van der Waals surface area contributed by atoms with Gasteiger partial charge in [-0.1, -0.05) is 6.92 Å². The summed E-state index contributed by atoms with van der Waals surface area (Å²) in [7, 11) is 0. The molecule has 0 aromatic carbocycles. The van der Waals surface area contributed by atoms with Gasteiger partial charge < -0.3 is 34.6 Å². The fraction of sp³-hybridized carbons (Fsp3) is 0.743. The molecule has 1 aromatic heterocycles. The molecule has 1 aromatic rings. The van der Waals surface area contributed by atoms with E-state index in [1.165, 1.54) is 0 Å². The number of aromatic nitrogens is 1. The Balaban J connectivity index is 1.17. The van der Waals surface area contributed by atoms with Crippen molar-refractivity contribution in [2.45, 2.75) is 127 Å². The predicted molar refractivity (Wildman–Crippen MR) is 164 cm³/mol. The van der Waals surface area contributed by atoms with Crippen LogP contribution in [0.15, 0.2) is 41.2 Å². The molecule has 5 fully saturated rings. The van der Waals surface area contributed by atoms with Crippen molar-refractivity contribution < 1.29 is 39.4 Å². The number of aliphatic hydroxyl groups excluding tert-OH is 2. The summed E-state index contributed by atoms with van der Waals surface area (Å²) in [4.78, 5) is 21.1. The first-order valence-electron chi connectivity index (χ1n) is 16.9. The summed E-state index contributed by atoms with van der Waals surface area (Å²) in [5.41, 5.74) is -0.971. The summed E-state index contributed by atoms with van der Waals surface area (Å²) < 4.78 is 17.5. The SMILES string of the molecule is C[C@@H]1O[C@H](O[C@H]2CC[C@]3(C=NCc4ccncc4)[C@H]4CC[C@]5(C)[C@@H](C6=CC(=O)OC6)CC[C@]5(O)[C@@H]4CC[C@]3(O)C2)C[C@@H](O)[C@H]1O. The number of pyridine rings is 1. The molecular formula is C35H48N2O8. The number of carbonyl (C=O) groups is 1. The smallest absolute Gasteiger partial charge is 0.331 e. The van der Waals surface area contributed by atoms with Crippen molar-refractivity contribution >= 4 is 12.2 Å². The summed E-state index contributed by atoms with van der Waals surface area (Å²) in [6.07, 6.45) is 10.2. The largest absolute Gasteiger partial charge is 0.458 e. The van der Waals surface area contributed by atoms with E-state index in [1.54, 1.807) is 25.4 Å². The van der Waals surface area contributed by atoms with Crippen LogP contribution in [-0.4, -0.2) is 86.1 Å². The fourth-order valence-electron chi connectivity index (χ4n) is 10.6. The minimum Gasteiger partial charge on any atom is -0.458 e. The summed E-state index contributed by atoms with van der Waals surface area (Å²) in [5, 5.41) is 45.9. The number of rotatable bonds is 6. The summed E-state index contributed by atoms with van der Waals surface area (Å²) in [5.74, 6) is -0.164. The van der Waals surface area contributed by atoms with Crippen molar-refractivity contribution in [2.75, 3.05) is 6.61 Å². The maximum absolute atomic E-state index is 12.7. The molecule has 12 atom stereocenters. The number of nitrogens with zero attached hydrogens (tertiary/aromatic N) is 2. The van der Waals surface area contributed by atoms with Crippen LogP contribution in [-0.2, 0) is 25.5 Å². The Morgan fingerprint density at radius 3 is 2.58 bits per heavy atom. The zero-order valence-electron chi connectivity index (χ0n) is 26.4. The quantitative estimate of drug-likeness (QED) is 0.212. The van der Waals surface area contributed by atoms with Crippen molar-refractivity contribution in [1.82, 2.24) is 4.98 Å². The summed E-state index contributed by atoms with van der Waals surface area (Å²) in [6.45, 7) is 4.73. The fourth-order valence-corrected chi connectivity index (χ4v) is 10.6. The van der Waals surface area contributed by atoms with Crippen LogP contribution in [0.1, 0.15) is 83.6 Å². The maximum Gasteiger partial charge on any atom is 0.331 e. The van der Waals surface area contributed by atoms with E-state index in [0.29, 0.717) is 51.7 Å². The lowest BCUT2D eigenvalue weighted by atomic mass is 9.41. The molecule has 0 radical (unpaired) electrons. The van der Waals surface area contributed by atoms with Gasteiger partial charge in [-0.25, -0.2) is 4.79 Å². The molecule has 1 saturated heterocycles. The molecule has 4 saturated carbocycles. The third-order valence-corrected chi connectivity index (χ3v) is 13.0. The van der Waals surface area contributed by atoms with Crippen LogP contribution in [0.25, 0.3) is 0 Å². The molecule has 10 nitrogen and oxygen atoms in total. The third kappa shape index (κ3) is 5.02. The van der Waals surface area contributed by atoms with Gasteiger partial charge in [0, 0.05) is 48.4 Å². The van der Waals surface area contributed by atoms with Crippen LogP contribution in [0.5, 0.6) is 0 Å². The number of aliphatic hydroxyl groups is 4. The van der Waals surface area contributed by atoms with Gasteiger partial charge in [-0.15, -0.1) is 0 Å². The normalized spacial score (nSPS) is 48.0. The molecule has 45 heavy (non-hydrogen) atoms. The van der Waals surface area contributed by atoms with Crippen LogP contribution >= 0.6 is 0 Å². The molecule has 0 amide bonds. The van der Waals surface area contributed by atoms with Crippen LogP contribution in [0.3, 0.4) is 0 Å². The van der Waals surface area contributed by atoms with E-state index >= 15 is 0 Å². The minimum atomic E-state index is -1.09. The molecule has 10 heteroatoms. The second-order valence-electron chi connectivity index (χ2n) is 15.0. The molecular weight excluding hydrogens is 576 g/mol. The molecule has 2 aliphatic heterocycles. The van der Waals surface area contributed by atoms with Gasteiger partial charge in [0.2, 0.25) is 0 Å². The highest BCUT2D eigenvalue weighted by atomic mass is 16.7. The van der Waals surface area contributed by atoms with E-state index in [9.17, 15) is 25.2 Å². The number of ether oxygens (including phenoxy) is 3. The van der Waals surface area contributed by atoms with E-state index in [4.69, 9.17) is 19.2 Å². The first kappa shape index (κ1) is 31.4. The van der Waals surface area contributed by atoms with E-state index in [-0.39, 0.29) is 41.7 Å². The number of fused-ring (bicyclic) bond motifs is 5. The number of hydrogen-bond donors (Lipinski definition) is 4. The van der Waals surface area contributed by atoms with Gasteiger partial charge in [-0.3, -0.25) is 9.98 Å². The van der Waals surface area contributed by atoms with Crippen molar-refractivity contribution in [3.8, 4) is 0 Å². The molecule has 6 aliphatic rings. The van der Waals surface area contributed by atoms with E-state index in [2.05, 4.69) is 11.9 Å². The average Bonchev–Trinajstić information content (AvgIpc) is 3.56. The van der Waals surface area contributed by atoms with Crippen LogP contribution in [0.2, 0.25) is 0 Å². The Kier molecular flexibility index (Phi) is 8.02. The second-order valence-corrected chi connectivity index (χ2v) is 15.0. The van der Waals surface area contributed by atoms with Crippen LogP contribution in [0.4, 0.5) is 0 Å². The third-order valence-electron chi connectivity index (χ3n) is 13.0. The first-order valence-corrected chi connectivity index (χ1v) is 16.9. The van der Waals surface area contributed by atoms with Crippen LogP contribution < -0.4 is 0 Å². The molecule has 4 N–H and O–H groups in total. The molecule has 4 aliphatic carbocycles. The predicted octanol–water partition coefficient (Wildman–Crippen LogP) is 3.25. The monoisotopic (exact) mass is 624 g/mol. The van der Waals surface area contributed by atoms with E-state index < -0.39 is 41.2 Å². The maximum atomic E-state index is 12.7. The second kappa shape index (κ2) is 11.5. The summed E-state index contributed by atoms with van der Waals surface area (Å²) >= 11 is 0. The van der Waals surface area contributed by atoms with Crippen molar-refractivity contribution in [3.05, 3.63) is 41.7 Å². The standard InChI is InChI=1S/C35H48N2O8/c1-21-31(40)28(38)16-30(44-21)45-24-3-10-33(20-37-18-22-7-13-36-14-8-22)26-4-9-32(2)25(23-15-29(39)43-19-23)6-12-35(32,42)27(26)5-11-34(33,41)17-24/h7-8,13-15,20-21,24-28,30-31,38,40-42H,3-6,9-12,16-19H2,1-2H3/t21-,24-,25+,26-,27+,28+,30+,31-,32+,33-,34-,35-/m0/s1. The molecule has 246 valence electrons. The Morgan fingerprint density at radius 1 is 1.07 bits per heavy atom. The topological polar surface area (TPSA) is 151 Å². The van der Waals surface area contributed by atoms with Gasteiger partial charge in [0.1, 0.15) is 12.7 Å². The van der Waals surface area contributed by atoms with Gasteiger partial charge in [-0.2, -0.15) is 0 Å². The minimum absolute atomic E-state index is 0.0100. The number of cyclic esters (lactones) is 1.